The fraction of sp³-hybridized carbons (Fsp3) is 0.462. The minimum Gasteiger partial charge on any atom is -0.384 e. The predicted molar refractivity (Wildman–Crippen MR) is 70.6 cm³/mol. The summed E-state index contributed by atoms with van der Waals surface area (Å²) in [7, 11) is 0. The van der Waals surface area contributed by atoms with Gasteiger partial charge in [-0.15, -0.1) is 11.8 Å². The lowest BCUT2D eigenvalue weighted by atomic mass is 10.1. The Morgan fingerprint density at radius 1 is 1.26 bits per heavy atom. The van der Waals surface area contributed by atoms with Gasteiger partial charge in [0.2, 0.25) is 0 Å². The maximum absolute atomic E-state index is 12.6. The second kappa shape index (κ2) is 5.45. The van der Waals surface area contributed by atoms with Crippen LogP contribution in [0.1, 0.15) is 36.8 Å². The minimum absolute atomic E-state index is 0.187. The zero-order valence-corrected chi connectivity index (χ0v) is 11.1. The molecule has 0 heterocycles. The van der Waals surface area contributed by atoms with Crippen molar-refractivity contribution in [1.29, 1.82) is 5.41 Å². The van der Waals surface area contributed by atoms with Gasteiger partial charge in [0, 0.05) is 15.7 Å². The van der Waals surface area contributed by atoms with Gasteiger partial charge in [0.1, 0.15) is 5.84 Å². The molecule has 2 rings (SSSR count). The third-order valence-electron chi connectivity index (χ3n) is 3.19. The predicted octanol–water partition coefficient (Wildman–Crippen LogP) is 4.02. The van der Waals surface area contributed by atoms with Gasteiger partial charge in [-0.3, -0.25) is 5.41 Å². The Hall–Kier alpha value is -1.17. The zero-order valence-electron chi connectivity index (χ0n) is 10.3. The molecular formula is C13H15F3N2S. The molecule has 1 aromatic rings. The van der Waals surface area contributed by atoms with E-state index in [9.17, 15) is 13.2 Å². The number of alkyl halides is 3. The van der Waals surface area contributed by atoms with Gasteiger partial charge in [-0.2, -0.15) is 13.2 Å². The lowest BCUT2D eigenvalue weighted by Crippen LogP contribution is -2.15. The average Bonchev–Trinajstić information content (AvgIpc) is 2.80. The van der Waals surface area contributed by atoms with Crippen molar-refractivity contribution in [1.82, 2.24) is 0 Å². The van der Waals surface area contributed by atoms with E-state index in [1.54, 1.807) is 0 Å². The standard InChI is InChI=1S/C13H15F3N2S/c14-13(15,16)8-5-6-11(10(7-8)12(17)18)19-9-3-1-2-4-9/h5-7,9H,1-4H2,(H3,17,18). The highest BCUT2D eigenvalue weighted by molar-refractivity contribution is 8.00. The highest BCUT2D eigenvalue weighted by Gasteiger charge is 2.31. The SMILES string of the molecule is N=C(N)c1cc(C(F)(F)F)ccc1SC1CCCC1. The monoisotopic (exact) mass is 288 g/mol. The van der Waals surface area contributed by atoms with E-state index >= 15 is 0 Å². The van der Waals surface area contributed by atoms with Crippen LogP contribution in [0.15, 0.2) is 23.1 Å². The normalized spacial score (nSPS) is 16.8. The van der Waals surface area contributed by atoms with Crippen LogP contribution in [-0.4, -0.2) is 11.1 Å². The summed E-state index contributed by atoms with van der Waals surface area (Å²) >= 11 is 1.54. The molecule has 0 radical (unpaired) electrons. The van der Waals surface area contributed by atoms with E-state index in [-0.39, 0.29) is 11.4 Å². The van der Waals surface area contributed by atoms with Crippen LogP contribution in [0.5, 0.6) is 0 Å². The summed E-state index contributed by atoms with van der Waals surface area (Å²) in [5, 5.41) is 7.87. The number of nitrogen functional groups attached to an aromatic ring is 1. The second-order valence-corrected chi connectivity index (χ2v) is 5.99. The molecule has 104 valence electrons. The molecule has 0 bridgehead atoms. The molecule has 0 unspecified atom stereocenters. The van der Waals surface area contributed by atoms with Crippen LogP contribution in [0.3, 0.4) is 0 Å². The average molecular weight is 288 g/mol. The van der Waals surface area contributed by atoms with Crippen LogP contribution in [0, 0.1) is 5.41 Å². The van der Waals surface area contributed by atoms with Crippen molar-refractivity contribution in [3.05, 3.63) is 29.3 Å². The molecule has 19 heavy (non-hydrogen) atoms. The largest absolute Gasteiger partial charge is 0.416 e. The molecule has 6 heteroatoms. The summed E-state index contributed by atoms with van der Waals surface area (Å²) in [5.41, 5.74) is 4.83. The molecule has 0 aromatic heterocycles. The third kappa shape index (κ3) is 3.43. The van der Waals surface area contributed by atoms with Gasteiger partial charge in [-0.25, -0.2) is 0 Å². The van der Waals surface area contributed by atoms with Gasteiger partial charge < -0.3 is 5.73 Å². The van der Waals surface area contributed by atoms with Crippen molar-refractivity contribution < 1.29 is 13.2 Å². The second-order valence-electron chi connectivity index (χ2n) is 4.65. The molecule has 1 aliphatic rings. The van der Waals surface area contributed by atoms with Crippen LogP contribution < -0.4 is 5.73 Å². The zero-order chi connectivity index (χ0) is 14.0. The molecule has 1 fully saturated rings. The maximum atomic E-state index is 12.6. The number of thioether (sulfide) groups is 1. The highest BCUT2D eigenvalue weighted by atomic mass is 32.2. The fourth-order valence-electron chi connectivity index (χ4n) is 2.21. The van der Waals surface area contributed by atoms with Crippen molar-refractivity contribution in [3.8, 4) is 0 Å². The maximum Gasteiger partial charge on any atom is 0.416 e. The molecule has 1 aliphatic carbocycles. The Morgan fingerprint density at radius 2 is 1.89 bits per heavy atom. The van der Waals surface area contributed by atoms with Gasteiger partial charge in [-0.1, -0.05) is 12.8 Å². The van der Waals surface area contributed by atoms with Crippen molar-refractivity contribution >= 4 is 17.6 Å². The van der Waals surface area contributed by atoms with Gasteiger partial charge in [0.25, 0.3) is 0 Å². The number of nitrogens with two attached hydrogens (primary N) is 1. The van der Waals surface area contributed by atoms with Gasteiger partial charge in [0.15, 0.2) is 0 Å². The van der Waals surface area contributed by atoms with Crippen molar-refractivity contribution in [2.75, 3.05) is 0 Å². The van der Waals surface area contributed by atoms with Gasteiger partial charge >= 0.3 is 6.18 Å². The van der Waals surface area contributed by atoms with Gasteiger partial charge in [0.05, 0.1) is 5.56 Å². The number of rotatable bonds is 3. The van der Waals surface area contributed by atoms with E-state index in [2.05, 4.69) is 0 Å². The Balaban J connectivity index is 2.29. The van der Waals surface area contributed by atoms with Crippen molar-refractivity contribution in [2.45, 2.75) is 42.0 Å². The molecule has 0 amide bonds. The van der Waals surface area contributed by atoms with Crippen LogP contribution in [-0.2, 0) is 6.18 Å². The molecule has 1 aromatic carbocycles. The first-order valence-corrected chi connectivity index (χ1v) is 6.98. The molecule has 1 saturated carbocycles. The number of amidine groups is 1. The van der Waals surface area contributed by atoms with Crippen molar-refractivity contribution in [2.24, 2.45) is 5.73 Å². The summed E-state index contributed by atoms with van der Waals surface area (Å²) in [6.45, 7) is 0. The van der Waals surface area contributed by atoms with Crippen LogP contribution in [0.25, 0.3) is 0 Å². The van der Waals surface area contributed by atoms with Gasteiger partial charge in [-0.05, 0) is 31.0 Å². The van der Waals surface area contributed by atoms with Crippen molar-refractivity contribution in [3.63, 3.8) is 0 Å². The van der Waals surface area contributed by atoms with E-state index in [0.29, 0.717) is 10.1 Å². The van der Waals surface area contributed by atoms with E-state index in [4.69, 9.17) is 11.1 Å². The highest BCUT2D eigenvalue weighted by Crippen LogP contribution is 2.38. The first-order chi connectivity index (χ1) is 8.88. The van der Waals surface area contributed by atoms with E-state index in [0.717, 1.165) is 37.8 Å². The lowest BCUT2D eigenvalue weighted by Gasteiger charge is -2.15. The lowest BCUT2D eigenvalue weighted by molar-refractivity contribution is -0.137. The Labute approximate surface area is 114 Å². The third-order valence-corrected chi connectivity index (χ3v) is 4.61. The first-order valence-electron chi connectivity index (χ1n) is 6.10. The number of hydrogen-bond donors (Lipinski definition) is 2. The first kappa shape index (κ1) is 14.2. The Morgan fingerprint density at radius 3 is 2.42 bits per heavy atom. The summed E-state index contributed by atoms with van der Waals surface area (Å²) in [4.78, 5) is 0.674. The molecule has 3 N–H and O–H groups in total. The van der Waals surface area contributed by atoms with E-state index < -0.39 is 11.7 Å². The summed E-state index contributed by atoms with van der Waals surface area (Å²) < 4.78 is 37.9. The minimum atomic E-state index is -4.40. The van der Waals surface area contributed by atoms with E-state index in [1.807, 2.05) is 0 Å². The Kier molecular flexibility index (Phi) is 4.08. The van der Waals surface area contributed by atoms with Crippen LogP contribution in [0.4, 0.5) is 13.2 Å². The molecule has 0 aliphatic heterocycles. The van der Waals surface area contributed by atoms with Crippen LogP contribution >= 0.6 is 11.8 Å². The van der Waals surface area contributed by atoms with Crippen LogP contribution in [0.2, 0.25) is 0 Å². The molecular weight excluding hydrogens is 273 g/mol. The fourth-order valence-corrected chi connectivity index (χ4v) is 3.58. The summed E-state index contributed by atoms with van der Waals surface area (Å²) in [6.07, 6.45) is 0.0637. The Bertz CT molecular complexity index is 479. The number of halogens is 3. The summed E-state index contributed by atoms with van der Waals surface area (Å²) in [5.74, 6) is -0.313. The number of benzene rings is 1. The quantitative estimate of drug-likeness (QED) is 0.652. The molecule has 0 spiro atoms. The topological polar surface area (TPSA) is 49.9 Å². The number of nitrogens with one attached hydrogen (secondary N) is 1. The summed E-state index contributed by atoms with van der Waals surface area (Å²) in [6, 6.07) is 3.46. The molecule has 0 saturated heterocycles. The number of hydrogen-bond acceptors (Lipinski definition) is 2. The van der Waals surface area contributed by atoms with E-state index in [1.165, 1.54) is 17.8 Å². The molecule has 0 atom stereocenters. The molecule has 2 nitrogen and oxygen atoms in total. The smallest absolute Gasteiger partial charge is 0.384 e.